The van der Waals surface area contributed by atoms with Gasteiger partial charge in [0.15, 0.2) is 0 Å². The van der Waals surface area contributed by atoms with Crippen molar-refractivity contribution in [3.63, 3.8) is 0 Å². The monoisotopic (exact) mass is 480 g/mol. The molecule has 0 amide bonds. The molecule has 3 aromatic rings. The molecule has 0 saturated carbocycles. The summed E-state index contributed by atoms with van der Waals surface area (Å²) in [5, 5.41) is 28.7. The molecule has 0 saturated heterocycles. The quantitative estimate of drug-likeness (QED) is 0.387. The first kappa shape index (κ1) is 25.4. The Bertz CT molecular complexity index is 1130. The third-order valence-corrected chi connectivity index (χ3v) is 5.30. The van der Waals surface area contributed by atoms with Crippen LogP contribution in [0.1, 0.15) is 30.7 Å². The number of imidazole rings is 1. The highest BCUT2D eigenvalue weighted by molar-refractivity contribution is 5.79. The van der Waals surface area contributed by atoms with Crippen LogP contribution < -0.4 is 0 Å². The van der Waals surface area contributed by atoms with Crippen LogP contribution in [0, 0.1) is 12.7 Å². The van der Waals surface area contributed by atoms with Crippen LogP contribution in [0.15, 0.2) is 48.5 Å². The Hall–Kier alpha value is -3.24. The number of aromatic nitrogens is 2. The lowest BCUT2D eigenvalue weighted by Gasteiger charge is -2.18. The molecule has 2 aromatic carbocycles. The first-order valence-corrected chi connectivity index (χ1v) is 10.5. The van der Waals surface area contributed by atoms with Crippen molar-refractivity contribution in [3.8, 4) is 22.5 Å². The predicted molar refractivity (Wildman–Crippen MR) is 116 cm³/mol. The number of hydrogen-bond donors (Lipinski definition) is 3. The maximum Gasteiger partial charge on any atom is 0.449 e. The van der Waals surface area contributed by atoms with E-state index in [2.05, 4.69) is 4.98 Å². The van der Waals surface area contributed by atoms with Gasteiger partial charge in [0, 0.05) is 17.7 Å². The fraction of sp³-hybridized carbons (Fsp3) is 0.333. The highest BCUT2D eigenvalue weighted by atomic mass is 19.4. The first-order valence-electron chi connectivity index (χ1n) is 10.5. The van der Waals surface area contributed by atoms with Crippen LogP contribution in [-0.2, 0) is 17.5 Å². The van der Waals surface area contributed by atoms with Gasteiger partial charge in [0.2, 0.25) is 5.82 Å². The van der Waals surface area contributed by atoms with Gasteiger partial charge in [0.1, 0.15) is 5.82 Å². The summed E-state index contributed by atoms with van der Waals surface area (Å²) in [6.45, 7) is 1.54. The zero-order chi connectivity index (χ0) is 25.0. The van der Waals surface area contributed by atoms with Crippen molar-refractivity contribution in [1.82, 2.24) is 9.55 Å². The highest BCUT2D eigenvalue weighted by Crippen LogP contribution is 2.39. The Morgan fingerprint density at radius 2 is 1.59 bits per heavy atom. The third kappa shape index (κ3) is 6.21. The Morgan fingerprint density at radius 3 is 2.15 bits per heavy atom. The molecule has 0 fully saturated rings. The highest BCUT2D eigenvalue weighted by Gasteiger charge is 2.39. The van der Waals surface area contributed by atoms with Gasteiger partial charge in [-0.25, -0.2) is 9.37 Å². The summed E-state index contributed by atoms with van der Waals surface area (Å²) in [4.78, 5) is 14.6. The molecule has 1 heterocycles. The zero-order valence-corrected chi connectivity index (χ0v) is 18.3. The fourth-order valence-corrected chi connectivity index (χ4v) is 3.70. The molecule has 3 N–H and O–H groups in total. The lowest BCUT2D eigenvalue weighted by molar-refractivity contribution is -0.147. The molecule has 0 radical (unpaired) electrons. The number of aryl methyl sites for hydroxylation is 1. The van der Waals surface area contributed by atoms with Crippen molar-refractivity contribution in [2.24, 2.45) is 0 Å². The second-order valence-corrected chi connectivity index (χ2v) is 8.08. The Kier molecular flexibility index (Phi) is 7.73. The Morgan fingerprint density at radius 1 is 1.00 bits per heavy atom. The van der Waals surface area contributed by atoms with Gasteiger partial charge in [-0.05, 0) is 44.0 Å². The minimum atomic E-state index is -4.81. The molecule has 0 unspecified atom stereocenters. The van der Waals surface area contributed by atoms with Crippen LogP contribution in [-0.4, -0.2) is 43.0 Å². The van der Waals surface area contributed by atoms with E-state index in [1.165, 1.54) is 12.1 Å². The van der Waals surface area contributed by atoms with E-state index in [0.717, 1.165) is 22.3 Å². The number of carboxylic acids is 1. The van der Waals surface area contributed by atoms with E-state index in [1.807, 2.05) is 6.92 Å². The van der Waals surface area contributed by atoms with Gasteiger partial charge < -0.3 is 19.9 Å². The Balaban J connectivity index is 2.06. The van der Waals surface area contributed by atoms with E-state index in [1.54, 1.807) is 24.3 Å². The molecule has 34 heavy (non-hydrogen) atoms. The van der Waals surface area contributed by atoms with Gasteiger partial charge in [-0.2, -0.15) is 13.2 Å². The second-order valence-electron chi connectivity index (χ2n) is 8.08. The standard InChI is InChI=1S/C24H24F4N2O4/c1-14-2-4-16(5-3-14)22-21(15-6-8-17(25)9-7-15)29-23(24(26,27)28)30(22)11-10-18(31)12-19(32)13-20(33)34/h2-9,18-19,31-32H,10-13H2,1H3,(H,33,34)/t18-,19-/m1/s1. The predicted octanol–water partition coefficient (Wildman–Crippen LogP) is 4.66. The summed E-state index contributed by atoms with van der Waals surface area (Å²) < 4.78 is 56.3. The van der Waals surface area contributed by atoms with Gasteiger partial charge in [0.25, 0.3) is 0 Å². The molecule has 3 rings (SSSR count). The minimum Gasteiger partial charge on any atom is -0.481 e. The number of aliphatic carboxylic acids is 1. The fourth-order valence-electron chi connectivity index (χ4n) is 3.70. The molecule has 0 aliphatic rings. The largest absolute Gasteiger partial charge is 0.481 e. The molecular formula is C24H24F4N2O4. The van der Waals surface area contributed by atoms with Gasteiger partial charge in [-0.3, -0.25) is 4.79 Å². The maximum absolute atomic E-state index is 14.0. The van der Waals surface area contributed by atoms with Crippen LogP contribution in [0.4, 0.5) is 17.6 Å². The number of carboxylic acid groups (broad SMARTS) is 1. The van der Waals surface area contributed by atoms with Crippen LogP contribution in [0.3, 0.4) is 0 Å². The maximum atomic E-state index is 14.0. The molecule has 10 heteroatoms. The van der Waals surface area contributed by atoms with Crippen molar-refractivity contribution >= 4 is 5.97 Å². The first-order chi connectivity index (χ1) is 16.0. The van der Waals surface area contributed by atoms with Crippen molar-refractivity contribution in [1.29, 1.82) is 0 Å². The zero-order valence-electron chi connectivity index (χ0n) is 18.3. The second kappa shape index (κ2) is 10.4. The molecule has 2 atom stereocenters. The van der Waals surface area contributed by atoms with E-state index in [0.29, 0.717) is 11.1 Å². The SMILES string of the molecule is Cc1ccc(-c2c(-c3ccc(F)cc3)nc(C(F)(F)F)n2CC[C@@H](O)C[C@@H](O)CC(=O)O)cc1. The van der Waals surface area contributed by atoms with Gasteiger partial charge in [-0.1, -0.05) is 29.8 Å². The summed E-state index contributed by atoms with van der Waals surface area (Å²) in [5.41, 5.74) is 1.80. The Labute approximate surface area is 193 Å². The van der Waals surface area contributed by atoms with Gasteiger partial charge in [0.05, 0.1) is 30.0 Å². The van der Waals surface area contributed by atoms with E-state index >= 15 is 0 Å². The topological polar surface area (TPSA) is 95.6 Å². The molecule has 0 aliphatic carbocycles. The van der Waals surface area contributed by atoms with E-state index in [9.17, 15) is 32.6 Å². The molecule has 182 valence electrons. The number of benzene rings is 2. The van der Waals surface area contributed by atoms with Crippen LogP contribution >= 0.6 is 0 Å². The summed E-state index contributed by atoms with van der Waals surface area (Å²) in [6.07, 6.45) is -8.45. The van der Waals surface area contributed by atoms with Gasteiger partial charge >= 0.3 is 12.1 Å². The van der Waals surface area contributed by atoms with Crippen LogP contribution in [0.2, 0.25) is 0 Å². The number of aliphatic hydroxyl groups is 2. The molecule has 6 nitrogen and oxygen atoms in total. The lowest BCUT2D eigenvalue weighted by Crippen LogP contribution is -2.23. The third-order valence-electron chi connectivity index (χ3n) is 5.30. The number of alkyl halides is 3. The average molecular weight is 480 g/mol. The number of carbonyl (C=O) groups is 1. The number of nitrogens with zero attached hydrogens (tertiary/aromatic N) is 2. The molecule has 0 spiro atoms. The van der Waals surface area contributed by atoms with Gasteiger partial charge in [-0.15, -0.1) is 0 Å². The normalized spacial score (nSPS) is 13.6. The van der Waals surface area contributed by atoms with E-state index in [4.69, 9.17) is 5.11 Å². The van der Waals surface area contributed by atoms with E-state index < -0.39 is 42.4 Å². The minimum absolute atomic E-state index is 0.0107. The number of halogens is 4. The van der Waals surface area contributed by atoms with Crippen LogP contribution in [0.25, 0.3) is 22.5 Å². The summed E-state index contributed by atoms with van der Waals surface area (Å²) in [5.74, 6) is -2.97. The summed E-state index contributed by atoms with van der Waals surface area (Å²) in [7, 11) is 0. The van der Waals surface area contributed by atoms with Crippen molar-refractivity contribution in [2.75, 3.05) is 0 Å². The number of hydrogen-bond acceptors (Lipinski definition) is 4. The number of aliphatic hydroxyl groups excluding tert-OH is 2. The molecule has 1 aromatic heterocycles. The van der Waals surface area contributed by atoms with E-state index in [-0.39, 0.29) is 30.8 Å². The lowest BCUT2D eigenvalue weighted by atomic mass is 10.0. The van der Waals surface area contributed by atoms with Crippen molar-refractivity contribution < 1.29 is 37.7 Å². The van der Waals surface area contributed by atoms with Crippen molar-refractivity contribution in [3.05, 3.63) is 65.7 Å². The molecular weight excluding hydrogens is 456 g/mol. The van der Waals surface area contributed by atoms with Crippen LogP contribution in [0.5, 0.6) is 0 Å². The number of rotatable bonds is 9. The molecule has 0 bridgehead atoms. The van der Waals surface area contributed by atoms with Crippen molar-refractivity contribution in [2.45, 2.75) is 51.1 Å². The average Bonchev–Trinajstić information content (AvgIpc) is 3.12. The summed E-state index contributed by atoms with van der Waals surface area (Å²) in [6, 6.07) is 11.7. The molecule has 0 aliphatic heterocycles. The smallest absolute Gasteiger partial charge is 0.449 e. The summed E-state index contributed by atoms with van der Waals surface area (Å²) >= 11 is 0.